The quantitative estimate of drug-likeness (QED) is 0.662. The van der Waals surface area contributed by atoms with Crippen LogP contribution in [0.25, 0.3) is 10.2 Å². The molecule has 0 saturated carbocycles. The van der Waals surface area contributed by atoms with Gasteiger partial charge in [0.15, 0.2) is 5.16 Å². The third kappa shape index (κ3) is 2.75. The molecule has 1 atom stereocenters. The summed E-state index contributed by atoms with van der Waals surface area (Å²) in [5.41, 5.74) is 0.775. The Morgan fingerprint density at radius 1 is 1.36 bits per heavy atom. The van der Waals surface area contributed by atoms with Crippen molar-refractivity contribution in [3.8, 4) is 0 Å². The number of rotatable bonds is 3. The zero-order valence-electron chi connectivity index (χ0n) is 13.8. The van der Waals surface area contributed by atoms with Gasteiger partial charge in [-0.25, -0.2) is 9.97 Å². The van der Waals surface area contributed by atoms with Gasteiger partial charge in [-0.05, 0) is 19.1 Å². The zero-order valence-corrected chi connectivity index (χ0v) is 15.4. The van der Waals surface area contributed by atoms with Crippen molar-refractivity contribution in [3.63, 3.8) is 0 Å². The van der Waals surface area contributed by atoms with Crippen molar-refractivity contribution in [2.45, 2.75) is 24.7 Å². The molecule has 0 radical (unpaired) electrons. The van der Waals surface area contributed by atoms with Gasteiger partial charge in [0.1, 0.15) is 10.6 Å². The lowest BCUT2D eigenvalue weighted by atomic mass is 10.2. The van der Waals surface area contributed by atoms with Gasteiger partial charge < -0.3 is 4.90 Å². The Kier molecular flexibility index (Phi) is 4.09. The van der Waals surface area contributed by atoms with Crippen LogP contribution in [0.5, 0.6) is 0 Å². The Bertz CT molecular complexity index is 994. The Balaban J connectivity index is 1.65. The predicted molar refractivity (Wildman–Crippen MR) is 99.3 cm³/mol. The van der Waals surface area contributed by atoms with Crippen molar-refractivity contribution < 1.29 is 4.79 Å². The van der Waals surface area contributed by atoms with E-state index in [2.05, 4.69) is 9.97 Å². The summed E-state index contributed by atoms with van der Waals surface area (Å²) in [5.74, 6) is 0.495. The van der Waals surface area contributed by atoms with Crippen LogP contribution in [0.15, 0.2) is 40.4 Å². The average molecular weight is 372 g/mol. The third-order valence-corrected chi connectivity index (χ3v) is 6.53. The van der Waals surface area contributed by atoms with Gasteiger partial charge in [-0.1, -0.05) is 23.9 Å². The Morgan fingerprint density at radius 3 is 2.96 bits per heavy atom. The molecule has 3 aromatic rings. The molecule has 2 aromatic heterocycles. The summed E-state index contributed by atoms with van der Waals surface area (Å²) in [5, 5.41) is 1.53. The largest absolute Gasteiger partial charge is 0.332 e. The van der Waals surface area contributed by atoms with Crippen LogP contribution in [0, 0.1) is 0 Å². The van der Waals surface area contributed by atoms with Crippen LogP contribution in [0.3, 0.4) is 0 Å². The molecule has 1 unspecified atom stereocenters. The number of hydrogen-bond donors (Lipinski definition) is 0. The van der Waals surface area contributed by atoms with E-state index in [1.165, 1.54) is 18.0 Å². The second-order valence-corrected chi connectivity index (χ2v) is 8.00. The lowest BCUT2D eigenvalue weighted by Crippen LogP contribution is -2.36. The summed E-state index contributed by atoms with van der Waals surface area (Å²) in [6.07, 6.45) is 1.40. The first-order valence-electron chi connectivity index (χ1n) is 7.91. The van der Waals surface area contributed by atoms with E-state index in [0.29, 0.717) is 11.7 Å². The third-order valence-electron chi connectivity index (χ3n) is 4.36. The second-order valence-electron chi connectivity index (χ2n) is 5.87. The molecule has 25 heavy (non-hydrogen) atoms. The summed E-state index contributed by atoms with van der Waals surface area (Å²) >= 11 is 3.10. The number of nitrogens with zero attached hydrogens (tertiary/aromatic N) is 4. The lowest BCUT2D eigenvalue weighted by molar-refractivity contribution is 0.0739. The van der Waals surface area contributed by atoms with E-state index in [1.54, 1.807) is 27.9 Å². The molecule has 6 nitrogen and oxygen atoms in total. The summed E-state index contributed by atoms with van der Waals surface area (Å²) in [7, 11) is 1.70. The van der Waals surface area contributed by atoms with E-state index >= 15 is 0 Å². The number of carbonyl (C=O) groups is 1. The van der Waals surface area contributed by atoms with Gasteiger partial charge in [0.2, 0.25) is 0 Å². The Labute approximate surface area is 152 Å². The summed E-state index contributed by atoms with van der Waals surface area (Å²) in [4.78, 5) is 35.8. The summed E-state index contributed by atoms with van der Waals surface area (Å²) in [6.45, 7) is 2.52. The maximum Gasteiger partial charge on any atom is 0.267 e. The molecule has 1 amide bonds. The van der Waals surface area contributed by atoms with Crippen molar-refractivity contribution in [2.75, 3.05) is 12.8 Å². The number of thioether (sulfide) groups is 1. The van der Waals surface area contributed by atoms with E-state index < -0.39 is 0 Å². The van der Waals surface area contributed by atoms with Crippen LogP contribution in [0.2, 0.25) is 0 Å². The van der Waals surface area contributed by atoms with E-state index in [0.717, 1.165) is 21.0 Å². The molecule has 0 spiro atoms. The zero-order chi connectivity index (χ0) is 17.6. The van der Waals surface area contributed by atoms with Crippen LogP contribution >= 0.6 is 23.1 Å². The molecule has 3 heterocycles. The number of fused-ring (bicyclic) bond motifs is 2. The number of amides is 1. The highest BCUT2D eigenvalue weighted by atomic mass is 32.2. The minimum absolute atomic E-state index is 0.113. The van der Waals surface area contributed by atoms with Crippen molar-refractivity contribution in [3.05, 3.63) is 51.4 Å². The highest BCUT2D eigenvalue weighted by Gasteiger charge is 2.26. The van der Waals surface area contributed by atoms with E-state index in [1.807, 2.05) is 31.2 Å². The fraction of sp³-hybridized carbons (Fsp3) is 0.294. The fourth-order valence-electron chi connectivity index (χ4n) is 2.76. The highest BCUT2D eigenvalue weighted by molar-refractivity contribution is 7.99. The van der Waals surface area contributed by atoms with Gasteiger partial charge in [-0.2, -0.15) is 0 Å². The molecular weight excluding hydrogens is 356 g/mol. The molecule has 0 aliphatic carbocycles. The Morgan fingerprint density at radius 2 is 2.16 bits per heavy atom. The standard InChI is InChI=1S/C17H16N4O2S2/c1-10(14-19-12-5-3-4-6-13(12)25-14)20(2)15(22)11-9-18-17-21(16(11)23)7-8-24-17/h3-6,9-10H,7-8H2,1-2H3. The molecule has 0 saturated heterocycles. The maximum atomic E-state index is 12.8. The van der Waals surface area contributed by atoms with Crippen molar-refractivity contribution in [2.24, 2.45) is 0 Å². The van der Waals surface area contributed by atoms with Gasteiger partial charge in [0, 0.05) is 25.5 Å². The Hall–Kier alpha value is -2.19. The molecular formula is C17H16N4O2S2. The van der Waals surface area contributed by atoms with Crippen LogP contribution in [0.4, 0.5) is 0 Å². The van der Waals surface area contributed by atoms with E-state index in [9.17, 15) is 9.59 Å². The first kappa shape index (κ1) is 16.3. The number of thiazole rings is 1. The first-order valence-corrected chi connectivity index (χ1v) is 9.71. The fourth-order valence-corrected chi connectivity index (χ4v) is 4.74. The topological polar surface area (TPSA) is 68.1 Å². The molecule has 0 bridgehead atoms. The van der Waals surface area contributed by atoms with E-state index in [4.69, 9.17) is 0 Å². The van der Waals surface area contributed by atoms with Gasteiger partial charge in [-0.3, -0.25) is 14.2 Å². The average Bonchev–Trinajstić information content (AvgIpc) is 3.27. The van der Waals surface area contributed by atoms with Gasteiger partial charge in [-0.15, -0.1) is 11.3 Å². The molecule has 1 aliphatic rings. The number of hydrogen-bond acceptors (Lipinski definition) is 6. The molecule has 0 fully saturated rings. The van der Waals surface area contributed by atoms with Crippen molar-refractivity contribution >= 4 is 39.2 Å². The number of benzene rings is 1. The molecule has 0 N–H and O–H groups in total. The van der Waals surface area contributed by atoms with Gasteiger partial charge in [0.25, 0.3) is 11.5 Å². The molecule has 4 rings (SSSR count). The van der Waals surface area contributed by atoms with Crippen LogP contribution in [0.1, 0.15) is 28.3 Å². The molecule has 1 aromatic carbocycles. The summed E-state index contributed by atoms with van der Waals surface area (Å²) < 4.78 is 2.66. The predicted octanol–water partition coefficient (Wildman–Crippen LogP) is 2.79. The van der Waals surface area contributed by atoms with Crippen molar-refractivity contribution in [1.82, 2.24) is 19.4 Å². The van der Waals surface area contributed by atoms with Gasteiger partial charge >= 0.3 is 0 Å². The van der Waals surface area contributed by atoms with Crippen LogP contribution in [-0.4, -0.2) is 38.1 Å². The molecule has 128 valence electrons. The van der Waals surface area contributed by atoms with Crippen LogP contribution < -0.4 is 5.56 Å². The molecule has 8 heteroatoms. The van der Waals surface area contributed by atoms with Crippen molar-refractivity contribution in [1.29, 1.82) is 0 Å². The lowest BCUT2D eigenvalue weighted by Gasteiger charge is -2.23. The van der Waals surface area contributed by atoms with E-state index in [-0.39, 0.29) is 23.1 Å². The number of para-hydroxylation sites is 1. The van der Waals surface area contributed by atoms with Gasteiger partial charge in [0.05, 0.1) is 16.3 Å². The molecule has 1 aliphatic heterocycles. The first-order chi connectivity index (χ1) is 12.1. The minimum Gasteiger partial charge on any atom is -0.332 e. The number of carbonyl (C=O) groups excluding carboxylic acids is 1. The SMILES string of the molecule is CC(c1nc2ccccc2s1)N(C)C(=O)c1cnc2n(c1=O)CCS2. The maximum absolute atomic E-state index is 12.8. The minimum atomic E-state index is -0.323. The summed E-state index contributed by atoms with van der Waals surface area (Å²) in [6, 6.07) is 7.66. The normalized spacial score (nSPS) is 14.5. The highest BCUT2D eigenvalue weighted by Crippen LogP contribution is 2.29. The second kappa shape index (κ2) is 6.27. The monoisotopic (exact) mass is 372 g/mol. The number of aromatic nitrogens is 3. The smallest absolute Gasteiger partial charge is 0.267 e. The van der Waals surface area contributed by atoms with Crippen LogP contribution in [-0.2, 0) is 6.54 Å².